The van der Waals surface area contributed by atoms with Crippen molar-refractivity contribution in [2.75, 3.05) is 76.0 Å². The standard InChI is InChI=1S/C30H34N6O2Si.C26H35BN4O3Si.C13H21BrN2O2SSi.2C10H11BrN2O.C8H9BrN2/c1-20(37)35-13-7-8-22-24(17-31-18-28(22)35)21-11-12-27-23(16-21)29(30-32-25-9-5-6-10-26(25)33-30)34-36(27)19-38-14-15-39(2,3)4;1-25(2)26(3,4)34-27(33-25)18-12-13-22-19(16-18)23(24-28-20-10-8-9-11-21(20)29-24)30-31(22)17-32-14-15-35(5,6)7;1-20(2,3)8-7-19(17,18)16-6-4-5-11-12(14)9-15-10-13(11)16;2*1-7(14)13-4-2-3-8-9(11)5-12-6-10(8)13;9-7-4-10-5-8-6(7)2-1-3-11-8/h5-6,9-12,16-18H,7-8,13-15,19H2,1-4H3,(H,32,33);8-13,16H,14-15,17H2,1-7H3,(H,28,29);9-10H,4-8H2,1-3H3;2*5-6H,2-4H2,1H3;4-5,11H,1-3H2. The summed E-state index contributed by atoms with van der Waals surface area (Å²) in [6, 6.07) is 31.7. The Labute approximate surface area is 817 Å². The van der Waals surface area contributed by atoms with Crippen LogP contribution >= 0.6 is 63.7 Å². The lowest BCUT2D eigenvalue weighted by molar-refractivity contribution is -0.117. The first-order valence-electron chi connectivity index (χ1n) is 45.7. The van der Waals surface area contributed by atoms with Crippen molar-refractivity contribution >= 4 is 201 Å². The van der Waals surface area contributed by atoms with Crippen molar-refractivity contribution in [3.05, 3.63) is 193 Å². The number of halogens is 4. The second-order valence-corrected chi connectivity index (χ2v) is 61.3. The van der Waals surface area contributed by atoms with Gasteiger partial charge in [0.2, 0.25) is 27.7 Å². The Bertz CT molecular complexity index is 6360. The molecule has 0 unspecified atom stereocenters. The smallest absolute Gasteiger partial charge is 0.399 e. The van der Waals surface area contributed by atoms with Gasteiger partial charge in [-0.25, -0.2) is 27.7 Å². The zero-order valence-corrected chi connectivity index (χ0v) is 89.2. The molecule has 13 aromatic rings. The molecule has 0 radical (unpaired) electrons. The first kappa shape index (κ1) is 99.9. The number of nitrogens with zero attached hydrogens (tertiary/aromatic N) is 15. The fraction of sp³-hybridized carbons (Fsp3) is 0.423. The highest BCUT2D eigenvalue weighted by Gasteiger charge is 2.52. The number of aromatic amines is 2. The van der Waals surface area contributed by atoms with E-state index in [4.69, 9.17) is 38.9 Å². The van der Waals surface area contributed by atoms with E-state index in [-0.39, 0.29) is 23.5 Å². The third kappa shape index (κ3) is 24.3. The molecule has 0 bridgehead atoms. The van der Waals surface area contributed by atoms with E-state index in [1.807, 2.05) is 87.6 Å². The van der Waals surface area contributed by atoms with Crippen molar-refractivity contribution in [2.45, 2.75) is 214 Å². The van der Waals surface area contributed by atoms with Crippen LogP contribution < -0.4 is 29.8 Å². The number of para-hydroxylation sites is 4. The average molecular weight is 2130 g/mol. The second-order valence-electron chi connectivity index (χ2n) is 39.0. The molecule has 133 heavy (non-hydrogen) atoms. The summed E-state index contributed by atoms with van der Waals surface area (Å²) in [5.41, 5.74) is 20.4. The maximum absolute atomic E-state index is 12.6. The molecule has 0 saturated carbocycles. The average Bonchev–Trinajstić information content (AvgIpc) is 1.61. The van der Waals surface area contributed by atoms with Gasteiger partial charge in [0.15, 0.2) is 11.6 Å². The van der Waals surface area contributed by atoms with Gasteiger partial charge in [-0.05, 0) is 255 Å². The van der Waals surface area contributed by atoms with Crippen molar-refractivity contribution in [3.63, 3.8) is 0 Å². The predicted molar refractivity (Wildman–Crippen MR) is 558 cm³/mol. The lowest BCUT2D eigenvalue weighted by Crippen LogP contribution is -2.41. The van der Waals surface area contributed by atoms with Crippen LogP contribution in [0, 0.1) is 0 Å². The molecule has 1 fully saturated rings. The zero-order valence-electron chi connectivity index (χ0n) is 79.0. The number of hydrogen-bond acceptors (Lipinski definition) is 19. The number of benzene rings is 4. The molecule has 19 rings (SSSR count). The third-order valence-corrected chi connectivity index (χ3v) is 34.9. The van der Waals surface area contributed by atoms with Crippen molar-refractivity contribution < 1.29 is 41.6 Å². The van der Waals surface area contributed by atoms with Crippen LogP contribution in [0.2, 0.25) is 77.1 Å². The maximum atomic E-state index is 12.6. The number of anilines is 5. The molecule has 4 aromatic carbocycles. The van der Waals surface area contributed by atoms with Crippen molar-refractivity contribution in [1.29, 1.82) is 0 Å². The Balaban J connectivity index is 0.000000136. The number of carbonyl (C=O) groups excluding carboxylic acids is 3. The maximum Gasteiger partial charge on any atom is 0.494 e. The van der Waals surface area contributed by atoms with Crippen LogP contribution in [0.25, 0.3) is 78.0 Å². The van der Waals surface area contributed by atoms with Gasteiger partial charge in [-0.2, -0.15) is 10.2 Å². The van der Waals surface area contributed by atoms with Gasteiger partial charge in [-0.1, -0.05) is 101 Å². The van der Waals surface area contributed by atoms with Crippen molar-refractivity contribution in [2.24, 2.45) is 0 Å². The summed E-state index contributed by atoms with van der Waals surface area (Å²) in [4.78, 5) is 77.9. The molecule has 3 amide bonds. The predicted octanol–water partition coefficient (Wildman–Crippen LogP) is 21.2. The van der Waals surface area contributed by atoms with Crippen LogP contribution in [0.5, 0.6) is 0 Å². The minimum Gasteiger partial charge on any atom is -0.399 e. The van der Waals surface area contributed by atoms with Gasteiger partial charge < -0.3 is 48.8 Å². The van der Waals surface area contributed by atoms with E-state index in [2.05, 4.69) is 227 Å². The summed E-state index contributed by atoms with van der Waals surface area (Å²) in [5, 5.41) is 15.2. The van der Waals surface area contributed by atoms with Gasteiger partial charge >= 0.3 is 7.12 Å². The van der Waals surface area contributed by atoms with Crippen LogP contribution in [0.4, 0.5) is 28.4 Å². The largest absolute Gasteiger partial charge is 0.494 e. The van der Waals surface area contributed by atoms with E-state index in [1.165, 1.54) is 28.8 Å². The fourth-order valence-corrected chi connectivity index (χ4v) is 24.9. The zero-order chi connectivity index (χ0) is 95.1. The molecule has 36 heteroatoms. The number of rotatable bonds is 18. The number of sulfonamides is 1. The van der Waals surface area contributed by atoms with Crippen LogP contribution in [-0.4, -0.2) is 185 Å². The number of nitrogens with one attached hydrogen (secondary N) is 3. The van der Waals surface area contributed by atoms with E-state index in [0.29, 0.717) is 20.0 Å². The van der Waals surface area contributed by atoms with Crippen LogP contribution in [0.1, 0.15) is 108 Å². The quantitative estimate of drug-likeness (QED) is 0.0531. The van der Waals surface area contributed by atoms with E-state index in [9.17, 15) is 22.8 Å². The van der Waals surface area contributed by atoms with E-state index >= 15 is 0 Å². The molecule has 6 aliphatic heterocycles. The topological polar surface area (TPSA) is 305 Å². The van der Waals surface area contributed by atoms with Crippen LogP contribution in [-0.2, 0) is 88.8 Å². The van der Waals surface area contributed by atoms with Crippen LogP contribution in [0.15, 0.2) is 165 Å². The number of imidazole rings is 2. The SMILES string of the molecule is Brc1cncc2c1CCCN2.CC(=O)N1CCCc2c(-c3ccc4c(c3)c(-c3nc5ccccc5[nH]3)nn4COCC[Si](C)(C)C)cncc21.CC(=O)N1CCCc2c(Br)cncc21.CC(=O)N1CCCc2c(Br)cncc21.CC1(C)OB(c2ccc3c(c2)c(-c2nc4ccccc4[nH]2)nn3COCC[Si](C)(C)C)OC1(C)C.C[Si](C)(C)CCS(=O)(=O)N1CCCc2c(Br)cncc21. The van der Waals surface area contributed by atoms with Gasteiger partial charge in [0, 0.05) is 156 Å². The van der Waals surface area contributed by atoms with E-state index < -0.39 is 52.6 Å². The minimum atomic E-state index is -3.24. The second kappa shape index (κ2) is 42.7. The van der Waals surface area contributed by atoms with Crippen LogP contribution in [0.3, 0.4) is 0 Å². The minimum absolute atomic E-state index is 0.0490. The molecule has 9 aromatic heterocycles. The van der Waals surface area contributed by atoms with Gasteiger partial charge in [-0.15, -0.1) is 0 Å². The molecule has 702 valence electrons. The number of aromatic nitrogens is 13. The third-order valence-electron chi connectivity index (χ3n) is 24.9. The molecule has 15 heterocycles. The molecule has 6 aliphatic rings. The Kier molecular flexibility index (Phi) is 32.1. The Morgan fingerprint density at radius 2 is 0.880 bits per heavy atom. The number of hydrogen-bond donors (Lipinski definition) is 3. The summed E-state index contributed by atoms with van der Waals surface area (Å²) in [5.74, 6) is 1.94. The van der Waals surface area contributed by atoms with Crippen molar-refractivity contribution in [3.8, 4) is 34.2 Å². The molecule has 3 N–H and O–H groups in total. The number of pyridine rings is 5. The molecule has 1 saturated heterocycles. The summed E-state index contributed by atoms with van der Waals surface area (Å²) in [6.07, 6.45) is 28.0. The molecule has 0 spiro atoms. The van der Waals surface area contributed by atoms with Gasteiger partial charge in [0.1, 0.15) is 24.8 Å². The molecule has 0 atom stereocenters. The monoisotopic (exact) mass is 2120 g/mol. The fourth-order valence-electron chi connectivity index (χ4n) is 16.7. The summed E-state index contributed by atoms with van der Waals surface area (Å²) < 4.78 is 59.5. The number of ether oxygens (including phenoxy) is 2. The Hall–Kier alpha value is -9.05. The molecular weight excluding hydrogens is 2010 g/mol. The highest BCUT2D eigenvalue weighted by molar-refractivity contribution is 9.11. The number of amides is 3. The number of H-pyrrole nitrogens is 2. The number of carbonyl (C=O) groups is 3. The first-order valence-corrected chi connectivity index (χ1v) is 61.6. The van der Waals surface area contributed by atoms with Gasteiger partial charge in [-0.3, -0.25) is 43.6 Å². The molecule has 27 nitrogen and oxygen atoms in total. The molecular formula is C97H121BBr4N18O9SSi3. The lowest BCUT2D eigenvalue weighted by Gasteiger charge is -2.32. The summed E-state index contributed by atoms with van der Waals surface area (Å²) in [7, 11) is -7.39. The lowest BCUT2D eigenvalue weighted by atomic mass is 9.78. The Morgan fingerprint density at radius 3 is 1.35 bits per heavy atom. The van der Waals surface area contributed by atoms with Gasteiger partial charge in [0.05, 0.1) is 109 Å². The highest BCUT2D eigenvalue weighted by atomic mass is 79.9. The van der Waals surface area contributed by atoms with E-state index in [0.717, 1.165) is 251 Å². The Morgan fingerprint density at radius 1 is 0.474 bits per heavy atom. The van der Waals surface area contributed by atoms with Gasteiger partial charge in [0.25, 0.3) is 0 Å². The molecule has 0 aliphatic carbocycles. The summed E-state index contributed by atoms with van der Waals surface area (Å²) >= 11 is 13.9. The normalized spacial score (nSPS) is 15.6. The summed E-state index contributed by atoms with van der Waals surface area (Å²) in [6.45, 7) is 40.1. The number of fused-ring (bicyclic) bond motifs is 9. The van der Waals surface area contributed by atoms with E-state index in [1.54, 1.807) is 72.1 Å². The van der Waals surface area contributed by atoms with Crippen molar-refractivity contribution in [1.82, 2.24) is 64.4 Å². The first-order chi connectivity index (χ1) is 63.2. The highest BCUT2D eigenvalue weighted by Crippen LogP contribution is 2.42.